The van der Waals surface area contributed by atoms with Gasteiger partial charge in [0.2, 0.25) is 5.91 Å². The van der Waals surface area contributed by atoms with Crippen molar-refractivity contribution in [2.24, 2.45) is 0 Å². The van der Waals surface area contributed by atoms with Crippen molar-refractivity contribution < 1.29 is 27.9 Å². The molecule has 2 aliphatic heterocycles. The number of hydrogen-bond acceptors (Lipinski definition) is 6. The van der Waals surface area contributed by atoms with Crippen molar-refractivity contribution in [3.63, 3.8) is 0 Å². The number of imide groups is 1. The van der Waals surface area contributed by atoms with Gasteiger partial charge in [0.05, 0.1) is 28.1 Å². The number of carbonyl (C=O) groups is 2. The van der Waals surface area contributed by atoms with Gasteiger partial charge in [-0.05, 0) is 24.1 Å². The first-order valence-corrected chi connectivity index (χ1v) is 9.94. The number of carbonyl (C=O) groups excluding carboxylic acids is 2. The van der Waals surface area contributed by atoms with Gasteiger partial charge in [-0.25, -0.2) is 0 Å². The number of aliphatic hydroxyl groups is 1. The van der Waals surface area contributed by atoms with E-state index in [0.29, 0.717) is 38.4 Å². The van der Waals surface area contributed by atoms with Gasteiger partial charge in [-0.1, -0.05) is 23.4 Å². The van der Waals surface area contributed by atoms with E-state index in [9.17, 15) is 22.8 Å². The maximum Gasteiger partial charge on any atom is 0.416 e. The third-order valence-corrected chi connectivity index (χ3v) is 6.02. The van der Waals surface area contributed by atoms with Gasteiger partial charge in [0.15, 0.2) is 0 Å². The van der Waals surface area contributed by atoms with E-state index in [1.54, 1.807) is 0 Å². The lowest BCUT2D eigenvalue weighted by atomic mass is 10.0. The van der Waals surface area contributed by atoms with Crippen LogP contribution >= 0.6 is 23.4 Å². The minimum Gasteiger partial charge on any atom is -0.395 e. The molecule has 1 unspecified atom stereocenters. The Hall–Kier alpha value is -1.49. The molecule has 6 nitrogen and oxygen atoms in total. The molecule has 2 saturated heterocycles. The molecule has 0 aromatic heterocycles. The number of β-amino-alcohol motifs (C(OH)–C–C–N with tert-alkyl or cyclic N) is 1. The number of hydrogen-bond donors (Lipinski definition) is 2. The maximum absolute atomic E-state index is 13.3. The Bertz CT molecular complexity index is 770. The van der Waals surface area contributed by atoms with Crippen LogP contribution in [0.1, 0.15) is 11.1 Å². The van der Waals surface area contributed by atoms with E-state index in [0.717, 1.165) is 23.9 Å². The van der Waals surface area contributed by atoms with E-state index in [2.05, 4.69) is 5.32 Å². The van der Waals surface area contributed by atoms with E-state index in [4.69, 9.17) is 16.7 Å². The quantitative estimate of drug-likeness (QED) is 0.737. The minimum atomic E-state index is -4.57. The van der Waals surface area contributed by atoms with Crippen molar-refractivity contribution in [1.82, 2.24) is 10.2 Å². The molecule has 0 spiro atoms. The third kappa shape index (κ3) is 4.73. The summed E-state index contributed by atoms with van der Waals surface area (Å²) in [6.45, 7) is 2.89. The number of piperazine rings is 1. The normalized spacial score (nSPS) is 21.3. The summed E-state index contributed by atoms with van der Waals surface area (Å²) in [5.74, 6) is -0.512. The van der Waals surface area contributed by atoms with E-state index in [1.807, 2.05) is 9.80 Å². The average Bonchev–Trinajstić information content (AvgIpc) is 2.92. The van der Waals surface area contributed by atoms with Crippen molar-refractivity contribution in [1.29, 1.82) is 0 Å². The fourth-order valence-electron chi connectivity index (χ4n) is 3.39. The van der Waals surface area contributed by atoms with Gasteiger partial charge in [0.1, 0.15) is 0 Å². The molecule has 1 atom stereocenters. The molecule has 0 aliphatic carbocycles. The third-order valence-electron chi connectivity index (χ3n) is 4.75. The van der Waals surface area contributed by atoms with Crippen molar-refractivity contribution in [2.75, 3.05) is 44.2 Å². The second-order valence-corrected chi connectivity index (χ2v) is 8.19. The fourth-order valence-corrected chi connectivity index (χ4v) is 4.60. The van der Waals surface area contributed by atoms with Crippen LogP contribution in [0.5, 0.6) is 0 Å². The molecule has 154 valence electrons. The minimum absolute atomic E-state index is 0.0297. The Morgan fingerprint density at radius 3 is 2.43 bits per heavy atom. The van der Waals surface area contributed by atoms with Crippen LogP contribution in [0, 0.1) is 0 Å². The molecule has 3 rings (SSSR count). The van der Waals surface area contributed by atoms with E-state index in [-0.39, 0.29) is 23.6 Å². The van der Waals surface area contributed by atoms with Crippen LogP contribution in [-0.4, -0.2) is 65.7 Å². The molecule has 2 fully saturated rings. The summed E-state index contributed by atoms with van der Waals surface area (Å²) in [7, 11) is 0. The lowest BCUT2D eigenvalue weighted by Gasteiger charge is -2.37. The number of amides is 2. The van der Waals surface area contributed by atoms with Crippen molar-refractivity contribution in [3.05, 3.63) is 28.3 Å². The lowest BCUT2D eigenvalue weighted by molar-refractivity contribution is -0.137. The number of nitrogens with one attached hydrogen (secondary N) is 1. The summed E-state index contributed by atoms with van der Waals surface area (Å²) in [5.41, 5.74) is -0.131. The molecule has 11 heteroatoms. The van der Waals surface area contributed by atoms with Crippen molar-refractivity contribution in [3.8, 4) is 0 Å². The van der Waals surface area contributed by atoms with E-state index >= 15 is 0 Å². The number of thioether (sulfide) groups is 1. The first-order chi connectivity index (χ1) is 13.2. The number of alkyl halides is 3. The maximum atomic E-state index is 13.3. The molecule has 0 saturated carbocycles. The first-order valence-electron chi connectivity index (χ1n) is 8.68. The number of benzene rings is 1. The monoisotopic (exact) mass is 437 g/mol. The number of anilines is 1. The van der Waals surface area contributed by atoms with Crippen LogP contribution in [0.2, 0.25) is 5.02 Å². The zero-order chi connectivity index (χ0) is 20.5. The second kappa shape index (κ2) is 8.48. The van der Waals surface area contributed by atoms with Gasteiger partial charge in [-0.2, -0.15) is 13.2 Å². The molecular formula is C17H19ClF3N3O3S. The summed E-state index contributed by atoms with van der Waals surface area (Å²) in [6, 6.07) is 1.91. The van der Waals surface area contributed by atoms with Crippen LogP contribution in [0.4, 0.5) is 23.7 Å². The molecule has 2 heterocycles. The van der Waals surface area contributed by atoms with Crippen LogP contribution in [-0.2, 0) is 17.4 Å². The molecule has 28 heavy (non-hydrogen) atoms. The molecule has 2 aliphatic rings. The summed E-state index contributed by atoms with van der Waals surface area (Å²) < 4.78 is 39.8. The predicted octanol–water partition coefficient (Wildman–Crippen LogP) is 2.37. The Labute approximate surface area is 169 Å². The first kappa shape index (κ1) is 21.2. The van der Waals surface area contributed by atoms with E-state index in [1.165, 1.54) is 0 Å². The highest BCUT2D eigenvalue weighted by molar-refractivity contribution is 8.15. The largest absolute Gasteiger partial charge is 0.416 e. The molecule has 0 bridgehead atoms. The van der Waals surface area contributed by atoms with Crippen LogP contribution in [0.25, 0.3) is 0 Å². The molecule has 2 amide bonds. The smallest absolute Gasteiger partial charge is 0.395 e. The Morgan fingerprint density at radius 1 is 1.21 bits per heavy atom. The number of halogens is 4. The number of nitrogens with zero attached hydrogens (tertiary/aromatic N) is 2. The average molecular weight is 438 g/mol. The van der Waals surface area contributed by atoms with Gasteiger partial charge in [-0.15, -0.1) is 0 Å². The topological polar surface area (TPSA) is 72.9 Å². The molecule has 2 N–H and O–H groups in total. The standard InChI is InChI=1S/C17H19ClF3N3O3S/c18-12-9-11(17(19,20)21)7-10(8-13-15(26)22-16(27)28-13)14(12)24-3-1-23(2-4-24)5-6-25/h7,9,13,25H,1-6,8H2,(H,22,26,27). The highest BCUT2D eigenvalue weighted by Crippen LogP contribution is 2.40. The van der Waals surface area contributed by atoms with Gasteiger partial charge in [0, 0.05) is 32.7 Å². The second-order valence-electron chi connectivity index (χ2n) is 6.60. The number of rotatable bonds is 5. The van der Waals surface area contributed by atoms with Gasteiger partial charge in [0.25, 0.3) is 5.24 Å². The van der Waals surface area contributed by atoms with Gasteiger partial charge in [-0.3, -0.25) is 19.8 Å². The van der Waals surface area contributed by atoms with Crippen LogP contribution in [0.3, 0.4) is 0 Å². The Kier molecular flexibility index (Phi) is 6.43. The Balaban J connectivity index is 1.92. The number of aliphatic hydroxyl groups excluding tert-OH is 1. The zero-order valence-corrected chi connectivity index (χ0v) is 16.3. The molecular weight excluding hydrogens is 419 g/mol. The Morgan fingerprint density at radius 2 is 1.89 bits per heavy atom. The predicted molar refractivity (Wildman–Crippen MR) is 101 cm³/mol. The lowest BCUT2D eigenvalue weighted by Crippen LogP contribution is -2.47. The molecule has 0 radical (unpaired) electrons. The van der Waals surface area contributed by atoms with Gasteiger partial charge >= 0.3 is 6.18 Å². The summed E-state index contributed by atoms with van der Waals surface area (Å²) in [4.78, 5) is 27.3. The van der Waals surface area contributed by atoms with Crippen molar-refractivity contribution in [2.45, 2.75) is 17.8 Å². The summed E-state index contributed by atoms with van der Waals surface area (Å²) in [6.07, 6.45) is -4.60. The van der Waals surface area contributed by atoms with E-state index < -0.39 is 28.1 Å². The van der Waals surface area contributed by atoms with Gasteiger partial charge < -0.3 is 10.0 Å². The van der Waals surface area contributed by atoms with Crippen LogP contribution in [0.15, 0.2) is 12.1 Å². The molecule has 1 aromatic rings. The molecule has 1 aromatic carbocycles. The highest BCUT2D eigenvalue weighted by atomic mass is 35.5. The summed E-state index contributed by atoms with van der Waals surface area (Å²) >= 11 is 7.02. The highest BCUT2D eigenvalue weighted by Gasteiger charge is 2.36. The van der Waals surface area contributed by atoms with Crippen LogP contribution < -0.4 is 10.2 Å². The SMILES string of the molecule is O=C1NC(=O)C(Cc2cc(C(F)(F)F)cc(Cl)c2N2CCN(CCO)CC2)S1. The summed E-state index contributed by atoms with van der Waals surface area (Å²) in [5, 5.41) is 9.87. The van der Waals surface area contributed by atoms with Crippen molar-refractivity contribution >= 4 is 40.2 Å². The fraction of sp³-hybridized carbons (Fsp3) is 0.529. The zero-order valence-electron chi connectivity index (χ0n) is 14.8.